The van der Waals surface area contributed by atoms with E-state index in [-0.39, 0.29) is 24.0 Å². The molecule has 0 unspecified atom stereocenters. The maximum Gasteiger partial charge on any atom is 0.339 e. The number of carboxylic acid groups (broad SMARTS) is 1. The lowest BCUT2D eigenvalue weighted by atomic mass is 10.2. The molecule has 3 N–H and O–H groups in total. The Kier molecular flexibility index (Phi) is 5.23. The number of carboxylic acids is 1. The zero-order valence-corrected chi connectivity index (χ0v) is 11.2. The molecule has 7 heteroatoms. The number of carbonyl (C=O) groups is 2. The summed E-state index contributed by atoms with van der Waals surface area (Å²) in [5, 5.41) is 14.3. The van der Waals surface area contributed by atoms with Crippen LogP contribution in [0.4, 0.5) is 5.95 Å². The Balaban J connectivity index is 2.52. The number of anilines is 1. The number of hydrogen-bond acceptors (Lipinski definition) is 5. The van der Waals surface area contributed by atoms with E-state index in [2.05, 4.69) is 20.6 Å². The highest BCUT2D eigenvalue weighted by atomic mass is 16.4. The molecule has 0 spiro atoms. The van der Waals surface area contributed by atoms with Crippen LogP contribution in [0.3, 0.4) is 0 Å². The Bertz CT molecular complexity index is 474. The van der Waals surface area contributed by atoms with Crippen LogP contribution in [0.25, 0.3) is 0 Å². The van der Waals surface area contributed by atoms with Gasteiger partial charge in [0.25, 0.3) is 0 Å². The average molecular weight is 266 g/mol. The van der Waals surface area contributed by atoms with Crippen molar-refractivity contribution in [3.8, 4) is 0 Å². The van der Waals surface area contributed by atoms with Crippen LogP contribution >= 0.6 is 0 Å². The molecule has 7 nitrogen and oxygen atoms in total. The summed E-state index contributed by atoms with van der Waals surface area (Å²) >= 11 is 0. The van der Waals surface area contributed by atoms with Crippen molar-refractivity contribution in [2.24, 2.45) is 5.92 Å². The smallest absolute Gasteiger partial charge is 0.339 e. The summed E-state index contributed by atoms with van der Waals surface area (Å²) < 4.78 is 0. The molecule has 1 aromatic heterocycles. The summed E-state index contributed by atoms with van der Waals surface area (Å²) in [6.45, 7) is 6.25. The van der Waals surface area contributed by atoms with Gasteiger partial charge in [-0.15, -0.1) is 0 Å². The first-order valence-corrected chi connectivity index (χ1v) is 5.97. The van der Waals surface area contributed by atoms with Crippen molar-refractivity contribution < 1.29 is 14.7 Å². The number of aromatic carboxylic acids is 1. The number of aryl methyl sites for hydroxylation is 1. The van der Waals surface area contributed by atoms with E-state index in [0.29, 0.717) is 18.2 Å². The highest BCUT2D eigenvalue weighted by molar-refractivity contribution is 5.88. The second-order valence-corrected chi connectivity index (χ2v) is 4.55. The quantitative estimate of drug-likeness (QED) is 0.699. The molecule has 0 radical (unpaired) electrons. The van der Waals surface area contributed by atoms with Crippen LogP contribution in [0.2, 0.25) is 0 Å². The highest BCUT2D eigenvalue weighted by Crippen LogP contribution is 2.06. The predicted molar refractivity (Wildman–Crippen MR) is 70.1 cm³/mol. The zero-order valence-electron chi connectivity index (χ0n) is 11.2. The molecule has 0 saturated heterocycles. The van der Waals surface area contributed by atoms with Gasteiger partial charge in [0.1, 0.15) is 0 Å². The van der Waals surface area contributed by atoms with Gasteiger partial charge in [0.2, 0.25) is 11.9 Å². The van der Waals surface area contributed by atoms with Crippen molar-refractivity contribution in [2.45, 2.75) is 20.8 Å². The van der Waals surface area contributed by atoms with Crippen molar-refractivity contribution in [1.82, 2.24) is 15.3 Å². The van der Waals surface area contributed by atoms with Crippen LogP contribution in [-0.4, -0.2) is 40.0 Å². The zero-order chi connectivity index (χ0) is 14.4. The topological polar surface area (TPSA) is 104 Å². The standard InChI is InChI=1S/C12H18N4O3/c1-7(2)4-13-10(17)6-15-12-14-5-9(11(18)19)8(3)16-12/h5,7H,4,6H2,1-3H3,(H,13,17)(H,18,19)(H,14,15,16). The number of aromatic nitrogens is 2. The monoisotopic (exact) mass is 266 g/mol. The largest absolute Gasteiger partial charge is 0.478 e. The first kappa shape index (κ1) is 14.9. The fourth-order valence-corrected chi connectivity index (χ4v) is 1.30. The lowest BCUT2D eigenvalue weighted by Crippen LogP contribution is -2.32. The number of amides is 1. The normalized spacial score (nSPS) is 10.3. The molecular weight excluding hydrogens is 248 g/mol. The summed E-state index contributed by atoms with van der Waals surface area (Å²) in [5.41, 5.74) is 0.405. The van der Waals surface area contributed by atoms with Crippen molar-refractivity contribution in [1.29, 1.82) is 0 Å². The fraction of sp³-hybridized carbons (Fsp3) is 0.500. The predicted octanol–water partition coefficient (Wildman–Crippen LogP) is 0.667. The van der Waals surface area contributed by atoms with Crippen LogP contribution in [0.15, 0.2) is 6.20 Å². The lowest BCUT2D eigenvalue weighted by molar-refractivity contribution is -0.119. The Morgan fingerprint density at radius 1 is 1.42 bits per heavy atom. The van der Waals surface area contributed by atoms with Gasteiger partial charge in [0.15, 0.2) is 0 Å². The molecular formula is C12H18N4O3. The summed E-state index contributed by atoms with van der Waals surface area (Å²) in [6.07, 6.45) is 1.22. The SMILES string of the molecule is Cc1nc(NCC(=O)NCC(C)C)ncc1C(=O)O. The van der Waals surface area contributed by atoms with Crippen molar-refractivity contribution in [3.63, 3.8) is 0 Å². The molecule has 0 aliphatic heterocycles. The van der Waals surface area contributed by atoms with Crippen LogP contribution in [-0.2, 0) is 4.79 Å². The van der Waals surface area contributed by atoms with Crippen LogP contribution < -0.4 is 10.6 Å². The number of hydrogen-bond donors (Lipinski definition) is 3. The minimum atomic E-state index is -1.07. The summed E-state index contributed by atoms with van der Waals surface area (Å²) in [6, 6.07) is 0. The number of nitrogens with one attached hydrogen (secondary N) is 2. The summed E-state index contributed by atoms with van der Waals surface area (Å²) in [4.78, 5) is 30.1. The minimum absolute atomic E-state index is 0.0507. The van der Waals surface area contributed by atoms with Gasteiger partial charge in [-0.1, -0.05) is 13.8 Å². The maximum atomic E-state index is 11.5. The minimum Gasteiger partial charge on any atom is -0.478 e. The molecule has 0 atom stereocenters. The number of nitrogens with zero attached hydrogens (tertiary/aromatic N) is 2. The van der Waals surface area contributed by atoms with Crippen LogP contribution in [0.1, 0.15) is 29.9 Å². The van der Waals surface area contributed by atoms with E-state index in [1.54, 1.807) is 6.92 Å². The third-order valence-electron chi connectivity index (χ3n) is 2.32. The van der Waals surface area contributed by atoms with Crippen LogP contribution in [0.5, 0.6) is 0 Å². The lowest BCUT2D eigenvalue weighted by Gasteiger charge is -2.09. The third kappa shape index (κ3) is 4.90. The van der Waals surface area contributed by atoms with Gasteiger partial charge < -0.3 is 15.7 Å². The molecule has 0 aliphatic rings. The first-order valence-electron chi connectivity index (χ1n) is 5.97. The molecule has 1 heterocycles. The average Bonchev–Trinajstić information content (AvgIpc) is 2.33. The second kappa shape index (κ2) is 6.67. The molecule has 0 fully saturated rings. The fourth-order valence-electron chi connectivity index (χ4n) is 1.30. The molecule has 1 aromatic rings. The van der Waals surface area contributed by atoms with E-state index in [9.17, 15) is 9.59 Å². The second-order valence-electron chi connectivity index (χ2n) is 4.55. The van der Waals surface area contributed by atoms with E-state index in [4.69, 9.17) is 5.11 Å². The Hall–Kier alpha value is -2.18. The van der Waals surface area contributed by atoms with Gasteiger partial charge in [-0.25, -0.2) is 14.8 Å². The summed E-state index contributed by atoms with van der Waals surface area (Å²) in [7, 11) is 0. The van der Waals surface area contributed by atoms with Gasteiger partial charge in [0, 0.05) is 12.7 Å². The molecule has 0 aliphatic carbocycles. The van der Waals surface area contributed by atoms with Gasteiger partial charge in [-0.2, -0.15) is 0 Å². The van der Waals surface area contributed by atoms with E-state index >= 15 is 0 Å². The number of rotatable bonds is 6. The summed E-state index contributed by atoms with van der Waals surface area (Å²) in [5.74, 6) is -0.601. The maximum absolute atomic E-state index is 11.5. The molecule has 104 valence electrons. The van der Waals surface area contributed by atoms with Gasteiger partial charge >= 0.3 is 5.97 Å². The van der Waals surface area contributed by atoms with E-state index < -0.39 is 5.97 Å². The highest BCUT2D eigenvalue weighted by Gasteiger charge is 2.10. The molecule has 0 aromatic carbocycles. The number of carbonyl (C=O) groups excluding carboxylic acids is 1. The first-order chi connectivity index (χ1) is 8.90. The molecule has 0 bridgehead atoms. The third-order valence-corrected chi connectivity index (χ3v) is 2.32. The molecule has 19 heavy (non-hydrogen) atoms. The van der Waals surface area contributed by atoms with Crippen molar-refractivity contribution >= 4 is 17.8 Å². The Labute approximate surface area is 111 Å². The van der Waals surface area contributed by atoms with Crippen molar-refractivity contribution in [2.75, 3.05) is 18.4 Å². The van der Waals surface area contributed by atoms with E-state index in [0.717, 1.165) is 0 Å². The van der Waals surface area contributed by atoms with Crippen LogP contribution in [0, 0.1) is 12.8 Å². The molecule has 1 rings (SSSR count). The van der Waals surface area contributed by atoms with Crippen molar-refractivity contribution in [3.05, 3.63) is 17.5 Å². The molecule has 0 saturated carbocycles. The van der Waals surface area contributed by atoms with Gasteiger partial charge in [-0.3, -0.25) is 4.79 Å². The van der Waals surface area contributed by atoms with E-state index in [1.807, 2.05) is 13.8 Å². The van der Waals surface area contributed by atoms with Gasteiger partial charge in [-0.05, 0) is 12.8 Å². The Morgan fingerprint density at radius 2 is 2.11 bits per heavy atom. The Morgan fingerprint density at radius 3 is 2.63 bits per heavy atom. The van der Waals surface area contributed by atoms with Gasteiger partial charge in [0.05, 0.1) is 17.8 Å². The van der Waals surface area contributed by atoms with E-state index in [1.165, 1.54) is 6.20 Å². The molecule has 1 amide bonds.